The number of hydrogen-bond acceptors (Lipinski definition) is 2. The average molecular weight is 296 g/mol. The summed E-state index contributed by atoms with van der Waals surface area (Å²) in [6.07, 6.45) is 1.81. The second-order valence-electron chi connectivity index (χ2n) is 3.56. The summed E-state index contributed by atoms with van der Waals surface area (Å²) in [5, 5.41) is 4.40. The van der Waals surface area contributed by atoms with E-state index in [9.17, 15) is 0 Å². The fraction of sp³-hybridized carbons (Fsp3) is 0.700. The van der Waals surface area contributed by atoms with Gasteiger partial charge in [0.15, 0.2) is 0 Å². The summed E-state index contributed by atoms with van der Waals surface area (Å²) in [6.45, 7) is 2.58. The van der Waals surface area contributed by atoms with Crippen molar-refractivity contribution in [2.75, 3.05) is 13.7 Å². The van der Waals surface area contributed by atoms with Gasteiger partial charge in [0, 0.05) is 14.2 Å². The second-order valence-corrected chi connectivity index (χ2v) is 4.97. The summed E-state index contributed by atoms with van der Waals surface area (Å²) in [6, 6.07) is 0. The van der Waals surface area contributed by atoms with E-state index in [1.807, 2.05) is 18.7 Å². The first-order valence-electron chi connectivity index (χ1n) is 4.87. The number of halogens is 2. The molecule has 1 aromatic rings. The van der Waals surface area contributed by atoms with Crippen molar-refractivity contribution in [2.24, 2.45) is 7.05 Å². The number of methoxy groups -OCH3 is 1. The lowest BCUT2D eigenvalue weighted by molar-refractivity contribution is 0.195. The van der Waals surface area contributed by atoms with Gasteiger partial charge in [0.2, 0.25) is 0 Å². The van der Waals surface area contributed by atoms with E-state index in [2.05, 4.69) is 21.0 Å². The lowest BCUT2D eigenvalue weighted by atomic mass is 10.2. The van der Waals surface area contributed by atoms with Crippen LogP contribution >= 0.6 is 27.5 Å². The van der Waals surface area contributed by atoms with Crippen LogP contribution in [0.15, 0.2) is 4.47 Å². The van der Waals surface area contributed by atoms with Gasteiger partial charge in [-0.3, -0.25) is 4.68 Å². The van der Waals surface area contributed by atoms with Gasteiger partial charge in [0.05, 0.1) is 27.8 Å². The number of alkyl halides is 1. The van der Waals surface area contributed by atoms with E-state index in [0.29, 0.717) is 6.61 Å². The van der Waals surface area contributed by atoms with Gasteiger partial charge in [-0.2, -0.15) is 5.10 Å². The molecular formula is C10H16BrClN2O. The third kappa shape index (κ3) is 3.47. The molecule has 5 heteroatoms. The van der Waals surface area contributed by atoms with Crippen molar-refractivity contribution in [3.05, 3.63) is 15.9 Å². The number of rotatable bonds is 5. The topological polar surface area (TPSA) is 27.1 Å². The zero-order valence-corrected chi connectivity index (χ0v) is 11.6. The van der Waals surface area contributed by atoms with E-state index >= 15 is 0 Å². The van der Waals surface area contributed by atoms with Crippen molar-refractivity contribution in [3.63, 3.8) is 0 Å². The van der Waals surface area contributed by atoms with Gasteiger partial charge in [-0.15, -0.1) is 11.6 Å². The van der Waals surface area contributed by atoms with Gasteiger partial charge < -0.3 is 4.74 Å². The molecule has 3 nitrogen and oxygen atoms in total. The fourth-order valence-corrected chi connectivity index (χ4v) is 2.28. The second kappa shape index (κ2) is 5.87. The zero-order valence-electron chi connectivity index (χ0n) is 9.26. The Labute approximate surface area is 104 Å². The van der Waals surface area contributed by atoms with Gasteiger partial charge >= 0.3 is 0 Å². The molecule has 1 atom stereocenters. The van der Waals surface area contributed by atoms with Crippen LogP contribution in [-0.2, 0) is 18.2 Å². The molecule has 0 saturated carbocycles. The molecule has 0 amide bonds. The normalized spacial score (nSPS) is 13.1. The Morgan fingerprint density at radius 1 is 1.60 bits per heavy atom. The summed E-state index contributed by atoms with van der Waals surface area (Å²) >= 11 is 9.60. The van der Waals surface area contributed by atoms with E-state index in [1.54, 1.807) is 7.11 Å². The summed E-state index contributed by atoms with van der Waals surface area (Å²) in [5.74, 6) is 0. The molecule has 86 valence electrons. The predicted octanol–water partition coefficient (Wildman–Crippen LogP) is 2.68. The highest BCUT2D eigenvalue weighted by molar-refractivity contribution is 9.10. The standard InChI is InChI=1S/C10H16BrClN2O/c1-7-10(11)9(14(2)13-7)5-4-8(12)6-15-3/h8H,4-6H2,1-3H3. The van der Waals surface area contributed by atoms with Crippen molar-refractivity contribution in [3.8, 4) is 0 Å². The summed E-state index contributed by atoms with van der Waals surface area (Å²) in [4.78, 5) is 0. The monoisotopic (exact) mass is 294 g/mol. The quantitative estimate of drug-likeness (QED) is 0.781. The molecule has 0 spiro atoms. The maximum Gasteiger partial charge on any atom is 0.0738 e. The van der Waals surface area contributed by atoms with Crippen molar-refractivity contribution < 1.29 is 4.74 Å². The Bertz CT molecular complexity index is 327. The molecule has 0 N–H and O–H groups in total. The first kappa shape index (κ1) is 13.0. The molecule has 0 aliphatic carbocycles. The van der Waals surface area contributed by atoms with Gasteiger partial charge in [-0.25, -0.2) is 0 Å². The minimum Gasteiger partial charge on any atom is -0.383 e. The molecule has 15 heavy (non-hydrogen) atoms. The number of nitrogens with zero attached hydrogens (tertiary/aromatic N) is 2. The predicted molar refractivity (Wildman–Crippen MR) is 65.5 cm³/mol. The third-order valence-electron chi connectivity index (χ3n) is 2.30. The maximum atomic E-state index is 6.07. The molecule has 1 rings (SSSR count). The van der Waals surface area contributed by atoms with E-state index < -0.39 is 0 Å². The number of hydrogen-bond donors (Lipinski definition) is 0. The highest BCUT2D eigenvalue weighted by atomic mass is 79.9. The van der Waals surface area contributed by atoms with Crippen molar-refractivity contribution >= 4 is 27.5 Å². The van der Waals surface area contributed by atoms with E-state index in [4.69, 9.17) is 16.3 Å². The van der Waals surface area contributed by atoms with Crippen molar-refractivity contribution in [1.82, 2.24) is 9.78 Å². The highest BCUT2D eigenvalue weighted by Crippen LogP contribution is 2.22. The molecule has 1 aromatic heterocycles. The van der Waals surface area contributed by atoms with Crippen LogP contribution in [0.5, 0.6) is 0 Å². The number of aryl methyl sites for hydroxylation is 2. The zero-order chi connectivity index (χ0) is 11.4. The van der Waals surface area contributed by atoms with Gasteiger partial charge in [0.1, 0.15) is 0 Å². The first-order valence-corrected chi connectivity index (χ1v) is 6.10. The molecule has 0 aliphatic heterocycles. The smallest absolute Gasteiger partial charge is 0.0738 e. The minimum atomic E-state index is 0.0668. The molecule has 1 unspecified atom stereocenters. The van der Waals surface area contributed by atoms with Crippen LogP contribution in [0.25, 0.3) is 0 Å². The SMILES string of the molecule is COCC(Cl)CCc1c(Br)c(C)nn1C. The van der Waals surface area contributed by atoms with Crippen molar-refractivity contribution in [1.29, 1.82) is 0 Å². The van der Waals surface area contributed by atoms with Crippen LogP contribution in [0.3, 0.4) is 0 Å². The largest absolute Gasteiger partial charge is 0.383 e. The first-order chi connectivity index (χ1) is 7.06. The lowest BCUT2D eigenvalue weighted by Gasteiger charge is -2.08. The lowest BCUT2D eigenvalue weighted by Crippen LogP contribution is -2.10. The van der Waals surface area contributed by atoms with Gasteiger partial charge in [-0.1, -0.05) is 0 Å². The molecule has 0 fully saturated rings. The van der Waals surface area contributed by atoms with Crippen LogP contribution in [0.1, 0.15) is 17.8 Å². The summed E-state index contributed by atoms with van der Waals surface area (Å²) in [5.41, 5.74) is 2.21. The van der Waals surface area contributed by atoms with Crippen LogP contribution in [-0.4, -0.2) is 28.9 Å². The fourth-order valence-electron chi connectivity index (χ4n) is 1.51. The van der Waals surface area contributed by atoms with Crippen LogP contribution in [0.4, 0.5) is 0 Å². The Hall–Kier alpha value is -0.0600. The van der Waals surface area contributed by atoms with Crippen LogP contribution < -0.4 is 0 Å². The summed E-state index contributed by atoms with van der Waals surface area (Å²) < 4.78 is 7.98. The van der Waals surface area contributed by atoms with Crippen LogP contribution in [0, 0.1) is 6.92 Å². The van der Waals surface area contributed by atoms with Crippen molar-refractivity contribution in [2.45, 2.75) is 25.1 Å². The third-order valence-corrected chi connectivity index (χ3v) is 3.68. The Morgan fingerprint density at radius 2 is 2.27 bits per heavy atom. The molecule has 0 aliphatic rings. The van der Waals surface area contributed by atoms with Crippen LogP contribution in [0.2, 0.25) is 0 Å². The highest BCUT2D eigenvalue weighted by Gasteiger charge is 2.12. The Morgan fingerprint density at radius 3 is 2.73 bits per heavy atom. The van der Waals surface area contributed by atoms with E-state index in [-0.39, 0.29) is 5.38 Å². The van der Waals surface area contributed by atoms with Gasteiger partial charge in [0.25, 0.3) is 0 Å². The number of ether oxygens (including phenoxy) is 1. The molecule has 0 aromatic carbocycles. The molecular weight excluding hydrogens is 279 g/mol. The molecule has 1 heterocycles. The van der Waals surface area contributed by atoms with E-state index in [0.717, 1.165) is 23.0 Å². The van der Waals surface area contributed by atoms with Gasteiger partial charge in [-0.05, 0) is 35.7 Å². The Kier molecular flexibility index (Phi) is 5.09. The molecule has 0 saturated heterocycles. The minimum absolute atomic E-state index is 0.0668. The van der Waals surface area contributed by atoms with E-state index in [1.165, 1.54) is 5.69 Å². The number of aromatic nitrogens is 2. The summed E-state index contributed by atoms with van der Waals surface area (Å²) in [7, 11) is 3.62. The maximum absolute atomic E-state index is 6.07. The Balaban J connectivity index is 2.57. The average Bonchev–Trinajstić information content (AvgIpc) is 2.40. The molecule has 0 radical (unpaired) electrons. The molecule has 0 bridgehead atoms.